The Morgan fingerprint density at radius 2 is 2.06 bits per heavy atom. The van der Waals surface area contributed by atoms with Crippen molar-refractivity contribution in [2.75, 3.05) is 0 Å². The van der Waals surface area contributed by atoms with Crippen molar-refractivity contribution in [3.05, 3.63) is 35.4 Å². The van der Waals surface area contributed by atoms with Crippen LogP contribution in [0, 0.1) is 6.92 Å². The summed E-state index contributed by atoms with van der Waals surface area (Å²) in [5, 5.41) is 0. The molecule has 2 N–H and O–H groups in total. The fraction of sp³-hybridized carbons (Fsp3) is 0.600. The highest BCUT2D eigenvalue weighted by atomic mass is 16.5. The highest BCUT2D eigenvalue weighted by molar-refractivity contribution is 5.28. The van der Waals surface area contributed by atoms with Gasteiger partial charge in [-0.3, -0.25) is 0 Å². The first-order chi connectivity index (χ1) is 8.22. The molecular weight excluding hydrogens is 210 g/mol. The third-order valence-electron chi connectivity index (χ3n) is 3.75. The quantitative estimate of drug-likeness (QED) is 0.846. The summed E-state index contributed by atoms with van der Waals surface area (Å²) in [6, 6.07) is 8.51. The van der Waals surface area contributed by atoms with Crippen molar-refractivity contribution < 1.29 is 4.74 Å². The van der Waals surface area contributed by atoms with E-state index in [-0.39, 0.29) is 12.1 Å². The molecule has 1 aliphatic rings. The second-order valence-corrected chi connectivity index (χ2v) is 5.04. The summed E-state index contributed by atoms with van der Waals surface area (Å²) in [5.74, 6) is 0. The number of aryl methyl sites for hydroxylation is 1. The summed E-state index contributed by atoms with van der Waals surface area (Å²) < 4.78 is 6.18. The van der Waals surface area contributed by atoms with Gasteiger partial charge < -0.3 is 10.5 Å². The molecule has 17 heavy (non-hydrogen) atoms. The zero-order valence-corrected chi connectivity index (χ0v) is 10.9. The fourth-order valence-electron chi connectivity index (χ4n) is 2.24. The molecular formula is C15H23NO. The van der Waals surface area contributed by atoms with Crippen molar-refractivity contribution in [2.24, 2.45) is 5.73 Å². The summed E-state index contributed by atoms with van der Waals surface area (Å²) >= 11 is 0. The van der Waals surface area contributed by atoms with Crippen molar-refractivity contribution in [3.63, 3.8) is 0 Å². The van der Waals surface area contributed by atoms with Gasteiger partial charge in [0.1, 0.15) is 0 Å². The van der Waals surface area contributed by atoms with Gasteiger partial charge in [0.25, 0.3) is 0 Å². The van der Waals surface area contributed by atoms with Crippen molar-refractivity contribution >= 4 is 0 Å². The minimum absolute atomic E-state index is 0.0616. The lowest BCUT2D eigenvalue weighted by Gasteiger charge is -2.34. The normalized spacial score (nSPS) is 19.7. The molecule has 0 aromatic heterocycles. The van der Waals surface area contributed by atoms with Gasteiger partial charge in [-0.15, -0.1) is 0 Å². The lowest BCUT2D eigenvalue weighted by Crippen LogP contribution is -2.35. The van der Waals surface area contributed by atoms with E-state index in [1.165, 1.54) is 30.4 Å². The van der Waals surface area contributed by atoms with Crippen LogP contribution < -0.4 is 5.73 Å². The van der Waals surface area contributed by atoms with Crippen molar-refractivity contribution in [3.8, 4) is 0 Å². The van der Waals surface area contributed by atoms with Crippen LogP contribution in [0.3, 0.4) is 0 Å². The molecule has 94 valence electrons. The Morgan fingerprint density at radius 1 is 1.35 bits per heavy atom. The molecule has 1 saturated carbocycles. The Labute approximate surface area is 104 Å². The molecule has 2 rings (SSSR count). The summed E-state index contributed by atoms with van der Waals surface area (Å²) in [4.78, 5) is 0. The highest BCUT2D eigenvalue weighted by Crippen LogP contribution is 2.32. The Bertz CT molecular complexity index is 360. The van der Waals surface area contributed by atoms with E-state index in [0.29, 0.717) is 6.10 Å². The third kappa shape index (κ3) is 2.88. The van der Waals surface area contributed by atoms with Gasteiger partial charge in [0.15, 0.2) is 0 Å². The van der Waals surface area contributed by atoms with Crippen molar-refractivity contribution in [2.45, 2.75) is 57.8 Å². The Morgan fingerprint density at radius 3 is 2.59 bits per heavy atom. The van der Waals surface area contributed by atoms with Crippen LogP contribution in [0.4, 0.5) is 0 Å². The molecule has 1 fully saturated rings. The largest absolute Gasteiger partial charge is 0.369 e. The fourth-order valence-corrected chi connectivity index (χ4v) is 2.24. The predicted molar refractivity (Wildman–Crippen MR) is 70.9 cm³/mol. The summed E-state index contributed by atoms with van der Waals surface area (Å²) in [5.41, 5.74) is 8.76. The van der Waals surface area contributed by atoms with Gasteiger partial charge in [-0.25, -0.2) is 0 Å². The van der Waals surface area contributed by atoms with Crippen LogP contribution in [0.15, 0.2) is 24.3 Å². The van der Waals surface area contributed by atoms with E-state index in [9.17, 15) is 0 Å². The average molecular weight is 233 g/mol. The van der Waals surface area contributed by atoms with Gasteiger partial charge in [0, 0.05) is 6.04 Å². The maximum atomic E-state index is 6.22. The molecule has 1 aliphatic carbocycles. The topological polar surface area (TPSA) is 35.2 Å². The number of ether oxygens (including phenoxy) is 1. The van der Waals surface area contributed by atoms with Crippen LogP contribution in [-0.4, -0.2) is 12.1 Å². The van der Waals surface area contributed by atoms with E-state index < -0.39 is 0 Å². The van der Waals surface area contributed by atoms with Gasteiger partial charge in [0.05, 0.1) is 12.2 Å². The third-order valence-corrected chi connectivity index (χ3v) is 3.75. The van der Waals surface area contributed by atoms with E-state index >= 15 is 0 Å². The number of hydrogen-bond donors (Lipinski definition) is 1. The number of hydrogen-bond acceptors (Lipinski definition) is 2. The second-order valence-electron chi connectivity index (χ2n) is 5.04. The molecule has 2 unspecified atom stereocenters. The van der Waals surface area contributed by atoms with Crippen LogP contribution in [-0.2, 0) is 4.74 Å². The van der Waals surface area contributed by atoms with Crippen molar-refractivity contribution in [1.82, 2.24) is 0 Å². The molecule has 2 heteroatoms. The molecule has 0 heterocycles. The van der Waals surface area contributed by atoms with E-state index in [4.69, 9.17) is 10.5 Å². The first kappa shape index (κ1) is 12.6. The lowest BCUT2D eigenvalue weighted by molar-refractivity contribution is -0.0640. The first-order valence-corrected chi connectivity index (χ1v) is 6.69. The minimum atomic E-state index is 0.0616. The molecule has 0 bridgehead atoms. The van der Waals surface area contributed by atoms with E-state index in [2.05, 4.69) is 38.1 Å². The van der Waals surface area contributed by atoms with Gasteiger partial charge in [0.2, 0.25) is 0 Å². The Balaban J connectivity index is 2.16. The van der Waals surface area contributed by atoms with Crippen LogP contribution in [0.1, 0.15) is 49.8 Å². The lowest BCUT2D eigenvalue weighted by atomic mass is 9.93. The second kappa shape index (κ2) is 5.65. The maximum Gasteiger partial charge on any atom is 0.0981 e. The number of rotatable bonds is 5. The van der Waals surface area contributed by atoms with Crippen LogP contribution >= 0.6 is 0 Å². The average Bonchev–Trinajstić information content (AvgIpc) is 2.29. The maximum absolute atomic E-state index is 6.22. The Kier molecular flexibility index (Phi) is 4.19. The molecule has 0 aliphatic heterocycles. The monoisotopic (exact) mass is 233 g/mol. The van der Waals surface area contributed by atoms with Crippen LogP contribution in [0.5, 0.6) is 0 Å². The van der Waals surface area contributed by atoms with E-state index in [1.807, 2.05) is 0 Å². The number of nitrogens with two attached hydrogens (primary N) is 1. The summed E-state index contributed by atoms with van der Waals surface area (Å²) in [6.07, 6.45) is 5.12. The molecule has 2 atom stereocenters. The predicted octanol–water partition coefficient (Wildman–Crippen LogP) is 3.34. The molecule has 2 nitrogen and oxygen atoms in total. The molecule has 0 spiro atoms. The molecule has 0 radical (unpaired) electrons. The smallest absolute Gasteiger partial charge is 0.0981 e. The molecule has 0 amide bonds. The first-order valence-electron chi connectivity index (χ1n) is 6.69. The molecule has 1 aromatic rings. The number of benzene rings is 1. The molecule has 0 saturated heterocycles. The van der Waals surface area contributed by atoms with Crippen molar-refractivity contribution in [1.29, 1.82) is 0 Å². The van der Waals surface area contributed by atoms with Gasteiger partial charge in [-0.1, -0.05) is 31.2 Å². The molecule has 1 aromatic carbocycles. The van der Waals surface area contributed by atoms with Gasteiger partial charge >= 0.3 is 0 Å². The van der Waals surface area contributed by atoms with E-state index in [0.717, 1.165) is 6.42 Å². The van der Waals surface area contributed by atoms with Crippen LogP contribution in [0.2, 0.25) is 0 Å². The Hall–Kier alpha value is -0.860. The minimum Gasteiger partial charge on any atom is -0.369 e. The SMILES string of the molecule is CCC(N)C(OC1CCC1)c1ccccc1C. The zero-order chi connectivity index (χ0) is 12.3. The van der Waals surface area contributed by atoms with Gasteiger partial charge in [-0.05, 0) is 43.7 Å². The zero-order valence-electron chi connectivity index (χ0n) is 10.9. The standard InChI is InChI=1S/C15H23NO/c1-3-14(16)15(17-12-8-6-9-12)13-10-5-4-7-11(13)2/h4-5,7,10,12,14-15H,3,6,8-9,16H2,1-2H3. The van der Waals surface area contributed by atoms with Gasteiger partial charge in [-0.2, -0.15) is 0 Å². The van der Waals surface area contributed by atoms with E-state index in [1.54, 1.807) is 0 Å². The highest BCUT2D eigenvalue weighted by Gasteiger charge is 2.27. The summed E-state index contributed by atoms with van der Waals surface area (Å²) in [6.45, 7) is 4.26. The summed E-state index contributed by atoms with van der Waals surface area (Å²) in [7, 11) is 0. The van der Waals surface area contributed by atoms with Crippen LogP contribution in [0.25, 0.3) is 0 Å².